The highest BCUT2D eigenvalue weighted by atomic mass is 19.1. The quantitative estimate of drug-likeness (QED) is 0.450. The summed E-state index contributed by atoms with van der Waals surface area (Å²) in [4.78, 5) is 15.8. The molecule has 3 N–H and O–H groups in total. The summed E-state index contributed by atoms with van der Waals surface area (Å²) in [6.45, 7) is 2.97. The first-order valence-corrected chi connectivity index (χ1v) is 9.05. The maximum atomic E-state index is 14.1. The highest BCUT2D eigenvalue weighted by molar-refractivity contribution is 5.96. The first-order valence-electron chi connectivity index (χ1n) is 9.05. The van der Waals surface area contributed by atoms with Crippen molar-refractivity contribution in [2.75, 3.05) is 0 Å². The molecule has 1 aromatic carbocycles. The number of carbonyl (C=O) groups is 1. The third-order valence-corrected chi connectivity index (χ3v) is 5.20. The van der Waals surface area contributed by atoms with Crippen molar-refractivity contribution in [3.05, 3.63) is 65.1 Å². The molecule has 8 heteroatoms. The molecule has 146 valence electrons. The molecule has 1 amide bonds. The third kappa shape index (κ3) is 3.61. The van der Waals surface area contributed by atoms with Crippen LogP contribution in [-0.4, -0.2) is 26.7 Å². The minimum atomic E-state index is -0.700. The number of aromatic nitrogens is 2. The molecule has 6 nitrogen and oxygen atoms in total. The number of pyridine rings is 1. The standard InChI is InChI=1S/C20H20F2N4O2/c1-11-4-17(11)23-7-13-10-26(9-12-2-3-14(21)5-16(12)22)19-8-24-18(6-15(13)19)20(27)25-28/h2-3,5-6,8,10-11,17,23,28H,4,7,9H2,1H3,(H,25,27). The fourth-order valence-corrected chi connectivity index (χ4v) is 3.40. The Hall–Kier alpha value is -2.84. The van der Waals surface area contributed by atoms with Gasteiger partial charge in [-0.2, -0.15) is 0 Å². The summed E-state index contributed by atoms with van der Waals surface area (Å²) < 4.78 is 29.1. The monoisotopic (exact) mass is 386 g/mol. The van der Waals surface area contributed by atoms with E-state index in [4.69, 9.17) is 5.21 Å². The molecular weight excluding hydrogens is 366 g/mol. The molecule has 2 atom stereocenters. The number of fused-ring (bicyclic) bond motifs is 1. The molecule has 2 aromatic heterocycles. The predicted octanol–water partition coefficient (Wildman–Crippen LogP) is 2.98. The zero-order chi connectivity index (χ0) is 19.8. The van der Waals surface area contributed by atoms with Crippen LogP contribution < -0.4 is 10.8 Å². The minimum Gasteiger partial charge on any atom is -0.341 e. The van der Waals surface area contributed by atoms with Crippen molar-refractivity contribution >= 4 is 16.8 Å². The van der Waals surface area contributed by atoms with E-state index in [9.17, 15) is 13.6 Å². The normalized spacial score (nSPS) is 18.4. The second kappa shape index (κ2) is 7.29. The number of nitrogens with one attached hydrogen (secondary N) is 2. The van der Waals surface area contributed by atoms with Crippen molar-refractivity contribution < 1.29 is 18.8 Å². The van der Waals surface area contributed by atoms with Crippen molar-refractivity contribution in [3.8, 4) is 0 Å². The molecule has 1 saturated carbocycles. The molecule has 1 aliphatic rings. The average Bonchev–Trinajstić information content (AvgIpc) is 3.29. The van der Waals surface area contributed by atoms with Crippen LogP contribution in [0.25, 0.3) is 10.9 Å². The van der Waals surface area contributed by atoms with Gasteiger partial charge in [-0.1, -0.05) is 13.0 Å². The van der Waals surface area contributed by atoms with E-state index in [-0.39, 0.29) is 12.2 Å². The molecule has 0 aliphatic heterocycles. The van der Waals surface area contributed by atoms with E-state index in [2.05, 4.69) is 17.2 Å². The summed E-state index contributed by atoms with van der Waals surface area (Å²) in [5, 5.41) is 13.1. The van der Waals surface area contributed by atoms with Crippen LogP contribution in [0, 0.1) is 17.6 Å². The molecule has 0 spiro atoms. The summed E-state index contributed by atoms with van der Waals surface area (Å²) in [7, 11) is 0. The van der Waals surface area contributed by atoms with Crippen LogP contribution in [0.1, 0.15) is 35.0 Å². The first kappa shape index (κ1) is 18.5. The van der Waals surface area contributed by atoms with Crippen LogP contribution in [0.4, 0.5) is 8.78 Å². The SMILES string of the molecule is CC1CC1NCc1cn(Cc2ccc(F)cc2F)c2cnc(C(=O)NO)cc12. The molecule has 1 fully saturated rings. The molecule has 0 saturated heterocycles. The zero-order valence-electron chi connectivity index (χ0n) is 15.2. The predicted molar refractivity (Wildman–Crippen MR) is 98.9 cm³/mol. The topological polar surface area (TPSA) is 79.2 Å². The van der Waals surface area contributed by atoms with Crippen molar-refractivity contribution in [1.82, 2.24) is 20.3 Å². The second-order valence-electron chi connectivity index (χ2n) is 7.25. The Morgan fingerprint density at radius 1 is 1.32 bits per heavy atom. The van der Waals surface area contributed by atoms with Gasteiger partial charge in [0.1, 0.15) is 17.3 Å². The van der Waals surface area contributed by atoms with Crippen molar-refractivity contribution in [2.24, 2.45) is 5.92 Å². The maximum absolute atomic E-state index is 14.1. The number of amides is 1. The molecule has 0 bridgehead atoms. The van der Waals surface area contributed by atoms with E-state index < -0.39 is 17.5 Å². The van der Waals surface area contributed by atoms with Gasteiger partial charge in [-0.05, 0) is 30.0 Å². The van der Waals surface area contributed by atoms with Gasteiger partial charge in [0, 0.05) is 35.8 Å². The summed E-state index contributed by atoms with van der Waals surface area (Å²) in [5.74, 6) is -1.30. The lowest BCUT2D eigenvalue weighted by Crippen LogP contribution is -2.20. The first-order chi connectivity index (χ1) is 13.5. The van der Waals surface area contributed by atoms with Gasteiger partial charge >= 0.3 is 0 Å². The lowest BCUT2D eigenvalue weighted by atomic mass is 10.1. The number of rotatable bonds is 6. The van der Waals surface area contributed by atoms with E-state index >= 15 is 0 Å². The van der Waals surface area contributed by atoms with E-state index in [0.717, 1.165) is 29.0 Å². The Kier molecular flexibility index (Phi) is 4.82. The van der Waals surface area contributed by atoms with E-state index in [1.165, 1.54) is 18.3 Å². The van der Waals surface area contributed by atoms with Crippen molar-refractivity contribution in [3.63, 3.8) is 0 Å². The highest BCUT2D eigenvalue weighted by Crippen LogP contribution is 2.30. The molecule has 3 aromatic rings. The largest absolute Gasteiger partial charge is 0.341 e. The van der Waals surface area contributed by atoms with Gasteiger partial charge in [-0.3, -0.25) is 10.0 Å². The number of hydroxylamine groups is 1. The zero-order valence-corrected chi connectivity index (χ0v) is 15.2. The van der Waals surface area contributed by atoms with Gasteiger partial charge < -0.3 is 9.88 Å². The Balaban J connectivity index is 1.71. The highest BCUT2D eigenvalue weighted by Gasteiger charge is 2.31. The van der Waals surface area contributed by atoms with Gasteiger partial charge in [0.05, 0.1) is 18.3 Å². The Labute approximate surface area is 160 Å². The molecular formula is C20H20F2N4O2. The molecule has 28 heavy (non-hydrogen) atoms. The second-order valence-corrected chi connectivity index (χ2v) is 7.25. The van der Waals surface area contributed by atoms with Crippen molar-refractivity contribution in [1.29, 1.82) is 0 Å². The van der Waals surface area contributed by atoms with Gasteiger partial charge in [0.2, 0.25) is 0 Å². The number of halogens is 2. The summed E-state index contributed by atoms with van der Waals surface area (Å²) >= 11 is 0. The van der Waals surface area contributed by atoms with Gasteiger partial charge in [-0.15, -0.1) is 0 Å². The van der Waals surface area contributed by atoms with Crippen LogP contribution in [0.15, 0.2) is 36.7 Å². The van der Waals surface area contributed by atoms with E-state index in [1.807, 2.05) is 10.8 Å². The number of hydrogen-bond acceptors (Lipinski definition) is 4. The molecule has 0 radical (unpaired) electrons. The Morgan fingerprint density at radius 2 is 2.11 bits per heavy atom. The Bertz CT molecular complexity index is 1050. The summed E-state index contributed by atoms with van der Waals surface area (Å²) in [6, 6.07) is 5.57. The summed E-state index contributed by atoms with van der Waals surface area (Å²) in [5.41, 5.74) is 3.68. The molecule has 4 rings (SSSR count). The van der Waals surface area contributed by atoms with E-state index in [1.54, 1.807) is 11.5 Å². The smallest absolute Gasteiger partial charge is 0.293 e. The third-order valence-electron chi connectivity index (χ3n) is 5.20. The minimum absolute atomic E-state index is 0.0850. The van der Waals surface area contributed by atoms with Crippen LogP contribution in [0.5, 0.6) is 0 Å². The molecule has 2 heterocycles. The van der Waals surface area contributed by atoms with Gasteiger partial charge in [0.25, 0.3) is 5.91 Å². The average molecular weight is 386 g/mol. The molecule has 1 aliphatic carbocycles. The van der Waals surface area contributed by atoms with Gasteiger partial charge in [0.15, 0.2) is 0 Å². The van der Waals surface area contributed by atoms with Crippen molar-refractivity contribution in [2.45, 2.75) is 32.5 Å². The van der Waals surface area contributed by atoms with E-state index in [0.29, 0.717) is 24.1 Å². The summed E-state index contributed by atoms with van der Waals surface area (Å²) in [6.07, 6.45) is 4.53. The molecule has 2 unspecified atom stereocenters. The van der Waals surface area contributed by atoms with Crippen LogP contribution in [0.3, 0.4) is 0 Å². The van der Waals surface area contributed by atoms with Crippen LogP contribution in [0.2, 0.25) is 0 Å². The number of benzene rings is 1. The fourth-order valence-electron chi connectivity index (χ4n) is 3.40. The fraction of sp³-hybridized carbons (Fsp3) is 0.300. The van der Waals surface area contributed by atoms with Crippen LogP contribution in [-0.2, 0) is 13.1 Å². The lowest BCUT2D eigenvalue weighted by Gasteiger charge is -2.07. The van der Waals surface area contributed by atoms with Crippen LogP contribution >= 0.6 is 0 Å². The van der Waals surface area contributed by atoms with Gasteiger partial charge in [-0.25, -0.2) is 19.2 Å². The Morgan fingerprint density at radius 3 is 2.79 bits per heavy atom. The number of hydrogen-bond donors (Lipinski definition) is 3. The number of nitrogens with zero attached hydrogens (tertiary/aromatic N) is 2. The maximum Gasteiger partial charge on any atom is 0.293 e. The number of carbonyl (C=O) groups excluding carboxylic acids is 1. The lowest BCUT2D eigenvalue weighted by molar-refractivity contribution is 0.0701.